The van der Waals surface area contributed by atoms with Gasteiger partial charge in [0.15, 0.2) is 0 Å². The normalized spacial score (nSPS) is 12.3. The molecule has 1 atom stereocenters. The zero-order valence-corrected chi connectivity index (χ0v) is 18.1. The minimum Gasteiger partial charge on any atom is -0.492 e. The molecule has 1 N–H and O–H groups in total. The molecule has 28 heavy (non-hydrogen) atoms. The van der Waals surface area contributed by atoms with Crippen LogP contribution in [0.1, 0.15) is 12.5 Å². The monoisotopic (exact) mass is 444 g/mol. The number of carbonyl (C=O) groups excluding carboxylic acids is 1. The van der Waals surface area contributed by atoms with E-state index >= 15 is 0 Å². The number of halogens is 2. The molecule has 6 nitrogen and oxygen atoms in total. The molecule has 9 heteroatoms. The number of nitrogens with zero attached hydrogens (tertiary/aromatic N) is 1. The molecule has 0 unspecified atom stereocenters. The van der Waals surface area contributed by atoms with Crippen molar-refractivity contribution in [1.29, 1.82) is 0 Å². The molecule has 0 aliphatic heterocycles. The number of rotatable bonds is 8. The maximum atomic E-state index is 12.5. The molecule has 0 bridgehead atoms. The van der Waals surface area contributed by atoms with Crippen LogP contribution in [0.25, 0.3) is 0 Å². The van der Waals surface area contributed by atoms with Crippen molar-refractivity contribution < 1.29 is 17.9 Å². The molecular formula is C19H22Cl2N2O4S. The number of aryl methyl sites for hydroxylation is 1. The number of hydrogen-bond donors (Lipinski definition) is 1. The molecule has 0 aliphatic carbocycles. The Kier molecular flexibility index (Phi) is 7.57. The Morgan fingerprint density at radius 1 is 1.21 bits per heavy atom. The molecule has 0 heterocycles. The first kappa shape index (κ1) is 22.3. The SMILES string of the molecule is Cc1cccc(OCCNC(=O)[C@@H](C)N(c2cc(Cl)ccc2Cl)S(C)(=O)=O)c1. The first-order chi connectivity index (χ1) is 13.1. The third-order valence-electron chi connectivity index (χ3n) is 3.89. The zero-order chi connectivity index (χ0) is 20.9. The number of hydrogen-bond acceptors (Lipinski definition) is 4. The van der Waals surface area contributed by atoms with Crippen molar-refractivity contribution in [2.45, 2.75) is 19.9 Å². The number of amides is 1. The van der Waals surface area contributed by atoms with Gasteiger partial charge in [-0.25, -0.2) is 8.42 Å². The Morgan fingerprint density at radius 2 is 1.93 bits per heavy atom. The number of anilines is 1. The van der Waals surface area contributed by atoms with Gasteiger partial charge in [-0.1, -0.05) is 35.3 Å². The van der Waals surface area contributed by atoms with Gasteiger partial charge in [-0.3, -0.25) is 9.10 Å². The molecule has 0 radical (unpaired) electrons. The molecule has 152 valence electrons. The Balaban J connectivity index is 2.04. The van der Waals surface area contributed by atoms with E-state index in [2.05, 4.69) is 5.32 Å². The quantitative estimate of drug-likeness (QED) is 0.630. The fourth-order valence-corrected chi connectivity index (χ4v) is 4.24. The lowest BCUT2D eigenvalue weighted by atomic mass is 10.2. The highest BCUT2D eigenvalue weighted by molar-refractivity contribution is 7.92. The average Bonchev–Trinajstić information content (AvgIpc) is 2.60. The number of sulfonamides is 1. The van der Waals surface area contributed by atoms with Crippen LogP contribution in [0.4, 0.5) is 5.69 Å². The first-order valence-corrected chi connectivity index (χ1v) is 11.1. The maximum absolute atomic E-state index is 12.5. The van der Waals surface area contributed by atoms with Crippen LogP contribution in [-0.2, 0) is 14.8 Å². The van der Waals surface area contributed by atoms with Gasteiger partial charge in [-0.15, -0.1) is 0 Å². The minimum atomic E-state index is -3.78. The fourth-order valence-electron chi connectivity index (χ4n) is 2.63. The number of nitrogens with one attached hydrogen (secondary N) is 1. The highest BCUT2D eigenvalue weighted by Gasteiger charge is 2.30. The summed E-state index contributed by atoms with van der Waals surface area (Å²) < 4.78 is 31.2. The topological polar surface area (TPSA) is 75.7 Å². The summed E-state index contributed by atoms with van der Waals surface area (Å²) in [5, 5.41) is 3.17. The van der Waals surface area contributed by atoms with E-state index in [-0.39, 0.29) is 23.9 Å². The van der Waals surface area contributed by atoms with Crippen molar-refractivity contribution in [2.24, 2.45) is 0 Å². The van der Waals surface area contributed by atoms with Gasteiger partial charge >= 0.3 is 0 Å². The fraction of sp³-hybridized carbons (Fsp3) is 0.316. The highest BCUT2D eigenvalue weighted by atomic mass is 35.5. The Bertz CT molecular complexity index is 951. The van der Waals surface area contributed by atoms with Crippen LogP contribution in [0.5, 0.6) is 5.75 Å². The summed E-state index contributed by atoms with van der Waals surface area (Å²) in [6.07, 6.45) is 1.01. The van der Waals surface area contributed by atoms with Gasteiger partial charge < -0.3 is 10.1 Å². The van der Waals surface area contributed by atoms with Crippen LogP contribution in [-0.4, -0.2) is 39.8 Å². The smallest absolute Gasteiger partial charge is 0.243 e. The Labute approximate surface area is 175 Å². The van der Waals surface area contributed by atoms with Gasteiger partial charge in [0.2, 0.25) is 15.9 Å². The highest BCUT2D eigenvalue weighted by Crippen LogP contribution is 2.32. The minimum absolute atomic E-state index is 0.148. The summed E-state index contributed by atoms with van der Waals surface area (Å²) in [4.78, 5) is 12.5. The van der Waals surface area contributed by atoms with Crippen molar-refractivity contribution in [1.82, 2.24) is 5.32 Å². The lowest BCUT2D eigenvalue weighted by Gasteiger charge is -2.29. The maximum Gasteiger partial charge on any atom is 0.243 e. The van der Waals surface area contributed by atoms with E-state index in [0.717, 1.165) is 16.1 Å². The third-order valence-corrected chi connectivity index (χ3v) is 5.68. The van der Waals surface area contributed by atoms with E-state index in [4.69, 9.17) is 27.9 Å². The number of benzene rings is 2. The second kappa shape index (κ2) is 9.49. The van der Waals surface area contributed by atoms with Crippen LogP contribution in [0.3, 0.4) is 0 Å². The van der Waals surface area contributed by atoms with Crippen molar-refractivity contribution in [3.63, 3.8) is 0 Å². The zero-order valence-electron chi connectivity index (χ0n) is 15.8. The third kappa shape index (κ3) is 6.02. The number of carbonyl (C=O) groups is 1. The van der Waals surface area contributed by atoms with Crippen LogP contribution in [0, 0.1) is 6.92 Å². The van der Waals surface area contributed by atoms with Crippen LogP contribution >= 0.6 is 23.2 Å². The van der Waals surface area contributed by atoms with Gasteiger partial charge in [0.05, 0.1) is 23.5 Å². The van der Waals surface area contributed by atoms with Gasteiger partial charge in [0.1, 0.15) is 18.4 Å². The molecule has 1 amide bonds. The van der Waals surface area contributed by atoms with E-state index in [0.29, 0.717) is 10.8 Å². The molecule has 0 saturated carbocycles. The van der Waals surface area contributed by atoms with E-state index in [9.17, 15) is 13.2 Å². The summed E-state index contributed by atoms with van der Waals surface area (Å²) in [6, 6.07) is 11.0. The van der Waals surface area contributed by atoms with Crippen molar-refractivity contribution in [3.8, 4) is 5.75 Å². The number of ether oxygens (including phenoxy) is 1. The lowest BCUT2D eigenvalue weighted by molar-refractivity contribution is -0.121. The standard InChI is InChI=1S/C19H22Cl2N2O4S/c1-13-5-4-6-16(11-13)27-10-9-22-19(24)14(2)23(28(3,25)26)18-12-15(20)7-8-17(18)21/h4-8,11-12,14H,9-10H2,1-3H3,(H,22,24)/t14-/m1/s1. The van der Waals surface area contributed by atoms with E-state index < -0.39 is 22.0 Å². The average molecular weight is 445 g/mol. The van der Waals surface area contributed by atoms with Gasteiger partial charge in [-0.05, 0) is 49.7 Å². The van der Waals surface area contributed by atoms with Crippen molar-refractivity contribution >= 4 is 44.8 Å². The molecule has 0 spiro atoms. The summed E-state index contributed by atoms with van der Waals surface area (Å²) >= 11 is 12.1. The largest absolute Gasteiger partial charge is 0.492 e. The summed E-state index contributed by atoms with van der Waals surface area (Å²) in [5.74, 6) is 0.222. The van der Waals surface area contributed by atoms with Crippen molar-refractivity contribution in [2.75, 3.05) is 23.7 Å². The molecule has 0 aliphatic rings. The van der Waals surface area contributed by atoms with E-state index in [1.54, 1.807) is 6.07 Å². The summed E-state index contributed by atoms with van der Waals surface area (Å²) in [6.45, 7) is 3.91. The molecular weight excluding hydrogens is 423 g/mol. The summed E-state index contributed by atoms with van der Waals surface area (Å²) in [7, 11) is -3.78. The molecule has 0 aromatic heterocycles. The predicted octanol–water partition coefficient (Wildman–Crippen LogP) is 3.65. The Hall–Kier alpha value is -1.96. The second-order valence-corrected chi connectivity index (χ2v) is 8.99. The van der Waals surface area contributed by atoms with Gasteiger partial charge in [0, 0.05) is 5.02 Å². The van der Waals surface area contributed by atoms with Crippen LogP contribution in [0.2, 0.25) is 10.0 Å². The molecule has 0 saturated heterocycles. The summed E-state index contributed by atoms with van der Waals surface area (Å²) in [5.41, 5.74) is 1.22. The lowest BCUT2D eigenvalue weighted by Crippen LogP contribution is -2.48. The van der Waals surface area contributed by atoms with Gasteiger partial charge in [0.25, 0.3) is 0 Å². The van der Waals surface area contributed by atoms with Crippen molar-refractivity contribution in [3.05, 3.63) is 58.1 Å². The molecule has 2 aromatic rings. The molecule has 2 rings (SSSR count). The molecule has 0 fully saturated rings. The van der Waals surface area contributed by atoms with E-state index in [1.165, 1.54) is 19.1 Å². The predicted molar refractivity (Wildman–Crippen MR) is 113 cm³/mol. The van der Waals surface area contributed by atoms with Gasteiger partial charge in [-0.2, -0.15) is 0 Å². The van der Waals surface area contributed by atoms with Crippen LogP contribution in [0.15, 0.2) is 42.5 Å². The Morgan fingerprint density at radius 3 is 2.57 bits per heavy atom. The molecule has 2 aromatic carbocycles. The van der Waals surface area contributed by atoms with Crippen LogP contribution < -0.4 is 14.4 Å². The second-order valence-electron chi connectivity index (χ2n) is 6.29. The first-order valence-electron chi connectivity index (χ1n) is 8.51. The van der Waals surface area contributed by atoms with E-state index in [1.807, 2.05) is 31.2 Å².